The fourth-order valence-corrected chi connectivity index (χ4v) is 7.56. The predicted molar refractivity (Wildman–Crippen MR) is 135 cm³/mol. The summed E-state index contributed by atoms with van der Waals surface area (Å²) in [7, 11) is 0. The Bertz CT molecular complexity index is 1180. The van der Waals surface area contributed by atoms with Gasteiger partial charge in [-0.3, -0.25) is 4.79 Å². The van der Waals surface area contributed by atoms with Crippen LogP contribution in [0.3, 0.4) is 0 Å². The Balaban J connectivity index is 1.18. The Labute approximate surface area is 215 Å². The molecule has 1 atom stereocenters. The van der Waals surface area contributed by atoms with Crippen LogP contribution < -0.4 is 0 Å². The molecule has 4 fully saturated rings. The average Bonchev–Trinajstić information content (AvgIpc) is 3.53. The number of quaternary nitrogens is 1. The molecule has 3 aliphatic heterocycles. The van der Waals surface area contributed by atoms with Crippen LogP contribution in [0.25, 0.3) is 11.4 Å². The largest absolute Gasteiger partial charge is 0.455 e. The van der Waals surface area contributed by atoms with Crippen LogP contribution in [-0.2, 0) is 21.5 Å². The topological polar surface area (TPSA) is 65.2 Å². The standard InChI is InChI=1S/C28H33FN3O3S/c29-22-9-7-21(8-10-22)26-30-25(35-31-26)19-32-15-11-20(12-16-32)23(18-32)34-27(33)28(24-6-5-17-36-24)13-3-1-2-4-14-28/h5-10,17,20,23H,1-4,11-16,18-19H2/q+1. The van der Waals surface area contributed by atoms with Crippen LogP contribution in [0.2, 0.25) is 0 Å². The van der Waals surface area contributed by atoms with E-state index in [0.717, 1.165) is 68.2 Å². The number of hydrogen-bond donors (Lipinski definition) is 0. The lowest BCUT2D eigenvalue weighted by atomic mass is 9.78. The zero-order chi connectivity index (χ0) is 24.6. The first kappa shape index (κ1) is 23.8. The fraction of sp³-hybridized carbons (Fsp3) is 0.536. The monoisotopic (exact) mass is 510 g/mol. The number of halogens is 1. The number of fused-ring (bicyclic) bond motifs is 3. The Kier molecular flexibility index (Phi) is 6.42. The maximum Gasteiger partial charge on any atom is 0.317 e. The van der Waals surface area contributed by atoms with Gasteiger partial charge >= 0.3 is 5.97 Å². The molecule has 3 aromatic rings. The molecule has 0 N–H and O–H groups in total. The van der Waals surface area contributed by atoms with Gasteiger partial charge in [-0.2, -0.15) is 4.98 Å². The molecular formula is C28H33FN3O3S+. The molecule has 1 aromatic carbocycles. The van der Waals surface area contributed by atoms with E-state index in [0.29, 0.717) is 24.2 Å². The number of piperidine rings is 3. The molecule has 3 saturated heterocycles. The number of carbonyl (C=O) groups is 1. The van der Waals surface area contributed by atoms with E-state index < -0.39 is 5.41 Å². The van der Waals surface area contributed by atoms with Crippen molar-refractivity contribution < 1.29 is 22.9 Å². The van der Waals surface area contributed by atoms with Gasteiger partial charge in [0.1, 0.15) is 17.8 Å². The first-order chi connectivity index (χ1) is 17.6. The number of ether oxygens (including phenoxy) is 1. The summed E-state index contributed by atoms with van der Waals surface area (Å²) < 4.78 is 26.2. The highest BCUT2D eigenvalue weighted by Crippen LogP contribution is 2.44. The third-order valence-electron chi connectivity index (χ3n) is 8.68. The van der Waals surface area contributed by atoms with Crippen molar-refractivity contribution in [1.82, 2.24) is 10.1 Å². The second-order valence-corrected chi connectivity index (χ2v) is 11.9. The van der Waals surface area contributed by atoms with Crippen LogP contribution in [0.5, 0.6) is 0 Å². The highest BCUT2D eigenvalue weighted by atomic mass is 32.1. The average molecular weight is 511 g/mol. The van der Waals surface area contributed by atoms with E-state index in [1.807, 2.05) is 0 Å². The Morgan fingerprint density at radius 1 is 1.11 bits per heavy atom. The molecule has 0 radical (unpaired) electrons. The second kappa shape index (κ2) is 9.71. The zero-order valence-corrected chi connectivity index (χ0v) is 21.4. The molecule has 8 heteroatoms. The molecule has 0 amide bonds. The summed E-state index contributed by atoms with van der Waals surface area (Å²) in [6, 6.07) is 10.3. The first-order valence-electron chi connectivity index (χ1n) is 13.2. The highest BCUT2D eigenvalue weighted by Gasteiger charge is 2.51. The summed E-state index contributed by atoms with van der Waals surface area (Å²) in [5.41, 5.74) is 0.246. The Hall–Kier alpha value is -2.58. The van der Waals surface area contributed by atoms with Gasteiger partial charge < -0.3 is 13.7 Å². The van der Waals surface area contributed by atoms with Crippen molar-refractivity contribution in [3.8, 4) is 11.4 Å². The minimum absolute atomic E-state index is 0.0138. The SMILES string of the molecule is O=C(OC1C[N+]2(Cc3nc(-c4ccc(F)cc4)no3)CCC1CC2)C1(c2cccs2)CCCCCC1. The number of esters is 1. The number of benzene rings is 1. The van der Waals surface area contributed by atoms with Gasteiger partial charge in [-0.25, -0.2) is 4.39 Å². The lowest BCUT2D eigenvalue weighted by Gasteiger charge is -2.51. The molecule has 36 heavy (non-hydrogen) atoms. The molecule has 2 bridgehead atoms. The van der Waals surface area contributed by atoms with Crippen molar-refractivity contribution in [2.45, 2.75) is 69.4 Å². The predicted octanol–water partition coefficient (Wildman–Crippen LogP) is 5.88. The summed E-state index contributed by atoms with van der Waals surface area (Å²) >= 11 is 1.69. The van der Waals surface area contributed by atoms with E-state index in [2.05, 4.69) is 27.7 Å². The van der Waals surface area contributed by atoms with Crippen molar-refractivity contribution in [1.29, 1.82) is 0 Å². The number of nitrogens with zero attached hydrogens (tertiary/aromatic N) is 3. The third-order valence-corrected chi connectivity index (χ3v) is 9.76. The van der Waals surface area contributed by atoms with E-state index in [-0.39, 0.29) is 17.9 Å². The molecule has 1 unspecified atom stereocenters. The molecule has 6 nitrogen and oxygen atoms in total. The second-order valence-electron chi connectivity index (χ2n) is 10.9. The Morgan fingerprint density at radius 3 is 2.56 bits per heavy atom. The molecule has 7 rings (SSSR count). The molecule has 4 aliphatic rings. The number of rotatable bonds is 6. The summed E-state index contributed by atoms with van der Waals surface area (Å²) in [4.78, 5) is 19.6. The maximum absolute atomic E-state index is 13.9. The van der Waals surface area contributed by atoms with Crippen molar-refractivity contribution >= 4 is 17.3 Å². The minimum Gasteiger partial charge on any atom is -0.455 e. The quantitative estimate of drug-likeness (QED) is 0.235. The highest BCUT2D eigenvalue weighted by molar-refractivity contribution is 7.10. The molecular weight excluding hydrogens is 477 g/mol. The van der Waals surface area contributed by atoms with Crippen LogP contribution in [0.1, 0.15) is 62.1 Å². The smallest absolute Gasteiger partial charge is 0.317 e. The summed E-state index contributed by atoms with van der Waals surface area (Å²) in [6.45, 7) is 3.49. The molecule has 190 valence electrons. The van der Waals surface area contributed by atoms with E-state index in [9.17, 15) is 9.18 Å². The van der Waals surface area contributed by atoms with Gasteiger partial charge in [0.25, 0.3) is 5.89 Å². The summed E-state index contributed by atoms with van der Waals surface area (Å²) in [5, 5.41) is 6.21. The molecule has 1 aliphatic carbocycles. The van der Waals surface area contributed by atoms with Crippen molar-refractivity contribution in [2.24, 2.45) is 5.92 Å². The van der Waals surface area contributed by atoms with Crippen LogP contribution in [-0.4, -0.2) is 46.3 Å². The number of aromatic nitrogens is 2. The van der Waals surface area contributed by atoms with E-state index in [1.54, 1.807) is 23.5 Å². The number of thiophene rings is 1. The van der Waals surface area contributed by atoms with Gasteiger partial charge in [-0.15, -0.1) is 11.3 Å². The molecule has 0 spiro atoms. The van der Waals surface area contributed by atoms with E-state index in [1.165, 1.54) is 29.9 Å². The van der Waals surface area contributed by atoms with Gasteiger partial charge in [0.15, 0.2) is 12.6 Å². The first-order valence-corrected chi connectivity index (χ1v) is 14.1. The maximum atomic E-state index is 13.9. The van der Waals surface area contributed by atoms with Gasteiger partial charge in [0.05, 0.1) is 13.1 Å². The summed E-state index contributed by atoms with van der Waals surface area (Å²) in [5.74, 6) is 1.18. The molecule has 1 saturated carbocycles. The lowest BCUT2D eigenvalue weighted by molar-refractivity contribution is -0.959. The van der Waals surface area contributed by atoms with E-state index in [4.69, 9.17) is 9.26 Å². The van der Waals surface area contributed by atoms with Gasteiger partial charge in [-0.1, -0.05) is 36.9 Å². The normalized spacial score (nSPS) is 27.5. The summed E-state index contributed by atoms with van der Waals surface area (Å²) in [6.07, 6.45) is 8.33. The van der Waals surface area contributed by atoms with Crippen molar-refractivity contribution in [2.75, 3.05) is 19.6 Å². The Morgan fingerprint density at radius 2 is 1.86 bits per heavy atom. The lowest BCUT2D eigenvalue weighted by Crippen LogP contribution is -2.64. The van der Waals surface area contributed by atoms with Crippen LogP contribution in [0.4, 0.5) is 4.39 Å². The minimum atomic E-state index is -0.488. The zero-order valence-electron chi connectivity index (χ0n) is 20.5. The van der Waals surface area contributed by atoms with Crippen molar-refractivity contribution in [3.63, 3.8) is 0 Å². The van der Waals surface area contributed by atoms with Gasteiger partial charge in [0.2, 0.25) is 5.82 Å². The van der Waals surface area contributed by atoms with Crippen LogP contribution >= 0.6 is 11.3 Å². The third kappa shape index (κ3) is 4.50. The molecule has 2 aromatic heterocycles. The van der Waals surface area contributed by atoms with Gasteiger partial charge in [0, 0.05) is 29.2 Å². The van der Waals surface area contributed by atoms with Crippen molar-refractivity contribution in [3.05, 3.63) is 58.4 Å². The van der Waals surface area contributed by atoms with Gasteiger partial charge in [-0.05, 0) is 48.6 Å². The number of hydrogen-bond acceptors (Lipinski definition) is 6. The molecule has 5 heterocycles. The fourth-order valence-electron chi connectivity index (χ4n) is 6.58. The van der Waals surface area contributed by atoms with Crippen LogP contribution in [0, 0.1) is 11.7 Å². The number of carbonyl (C=O) groups excluding carboxylic acids is 1. The van der Waals surface area contributed by atoms with Crippen LogP contribution in [0.15, 0.2) is 46.3 Å². The van der Waals surface area contributed by atoms with E-state index >= 15 is 0 Å².